The third-order valence-electron chi connectivity index (χ3n) is 0.201. The largest absolute Gasteiger partial charge is 0.513 e. The van der Waals surface area contributed by atoms with E-state index in [0.717, 1.165) is 0 Å². The van der Waals surface area contributed by atoms with Crippen molar-refractivity contribution in [3.63, 3.8) is 0 Å². The van der Waals surface area contributed by atoms with E-state index in [-0.39, 0.29) is 0 Å². The van der Waals surface area contributed by atoms with E-state index >= 15 is 0 Å². The second-order valence-corrected chi connectivity index (χ2v) is 0.931. The second kappa shape index (κ2) is 1.77. The monoisotopic (exact) mass is 91.0 g/mol. The van der Waals surface area contributed by atoms with Gasteiger partial charge in [-0.1, -0.05) is 0 Å². The van der Waals surface area contributed by atoms with Crippen molar-refractivity contribution in [2.45, 2.75) is 0 Å². The summed E-state index contributed by atoms with van der Waals surface area (Å²) in [6.07, 6.45) is -0.684. The van der Waals surface area contributed by atoms with Crippen molar-refractivity contribution in [3.8, 4) is 0 Å². The zero-order valence-electron chi connectivity index (χ0n) is 2.89. The SMILES string of the molecule is NC(=O)O[SiH3]. The molecule has 0 spiro atoms. The van der Waals surface area contributed by atoms with Crippen LogP contribution < -0.4 is 5.73 Å². The van der Waals surface area contributed by atoms with Gasteiger partial charge in [0, 0.05) is 0 Å². The highest BCUT2D eigenvalue weighted by atomic mass is 28.2. The average Bonchev–Trinajstić information content (AvgIpc) is 1.38. The lowest BCUT2D eigenvalue weighted by Crippen LogP contribution is -2.09. The Morgan fingerprint density at radius 1 is 2.00 bits per heavy atom. The van der Waals surface area contributed by atoms with Gasteiger partial charge in [0.15, 0.2) is 0 Å². The third-order valence-corrected chi connectivity index (χ3v) is 0.604. The van der Waals surface area contributed by atoms with Crippen LogP contribution in [-0.2, 0) is 4.43 Å². The van der Waals surface area contributed by atoms with Gasteiger partial charge in [0.2, 0.25) is 10.5 Å². The predicted molar refractivity (Wildman–Crippen MR) is 20.6 cm³/mol. The zero-order valence-corrected chi connectivity index (χ0v) is 4.89. The fourth-order valence-corrected chi connectivity index (χ4v) is 0. The highest BCUT2D eigenvalue weighted by molar-refractivity contribution is 6.04. The van der Waals surface area contributed by atoms with E-state index in [9.17, 15) is 4.79 Å². The van der Waals surface area contributed by atoms with E-state index in [1.54, 1.807) is 0 Å². The van der Waals surface area contributed by atoms with Gasteiger partial charge in [0.05, 0.1) is 0 Å². The minimum Gasteiger partial charge on any atom is -0.513 e. The molecule has 0 radical (unpaired) electrons. The molecule has 0 fully saturated rings. The number of nitrogens with two attached hydrogens (primary N) is 1. The van der Waals surface area contributed by atoms with E-state index in [2.05, 4.69) is 10.2 Å². The van der Waals surface area contributed by atoms with Gasteiger partial charge in [0.1, 0.15) is 0 Å². The Balaban J connectivity index is 2.85. The summed E-state index contributed by atoms with van der Waals surface area (Å²) < 4.78 is 4.03. The third kappa shape index (κ3) is 3.49. The van der Waals surface area contributed by atoms with E-state index in [1.165, 1.54) is 0 Å². The minimum atomic E-state index is -0.684. The second-order valence-electron chi connectivity index (χ2n) is 0.523. The van der Waals surface area contributed by atoms with Crippen LogP contribution in [0.25, 0.3) is 0 Å². The summed E-state index contributed by atoms with van der Waals surface area (Å²) >= 11 is 0. The number of amides is 1. The topological polar surface area (TPSA) is 52.3 Å². The fourth-order valence-electron chi connectivity index (χ4n) is 0. The van der Waals surface area contributed by atoms with Crippen molar-refractivity contribution in [1.82, 2.24) is 0 Å². The summed E-state index contributed by atoms with van der Waals surface area (Å²) in [5.74, 6) is 0. The maximum Gasteiger partial charge on any atom is 0.390 e. The van der Waals surface area contributed by atoms with Gasteiger partial charge in [-0.2, -0.15) is 0 Å². The molecule has 4 heteroatoms. The molecule has 0 rings (SSSR count). The van der Waals surface area contributed by atoms with E-state index in [0.29, 0.717) is 10.5 Å². The Hall–Kier alpha value is -0.513. The molecule has 2 N–H and O–H groups in total. The normalized spacial score (nSPS) is 7.20. The molecule has 3 nitrogen and oxygen atoms in total. The first-order valence-electron chi connectivity index (χ1n) is 1.11. The van der Waals surface area contributed by atoms with Gasteiger partial charge < -0.3 is 10.2 Å². The summed E-state index contributed by atoms with van der Waals surface area (Å²) in [7, 11) is 0.399. The quantitative estimate of drug-likeness (QED) is 0.364. The number of hydrogen-bond acceptors (Lipinski definition) is 2. The molecule has 0 unspecified atom stereocenters. The molecule has 0 aromatic carbocycles. The number of hydrogen-bond donors (Lipinski definition) is 1. The van der Waals surface area contributed by atoms with Gasteiger partial charge in [-0.15, -0.1) is 0 Å². The molecule has 30 valence electrons. The Morgan fingerprint density at radius 2 is 2.20 bits per heavy atom. The van der Waals surface area contributed by atoms with Crippen LogP contribution in [0.4, 0.5) is 4.79 Å². The highest BCUT2D eigenvalue weighted by Gasteiger charge is 1.75. The Morgan fingerprint density at radius 3 is 2.20 bits per heavy atom. The summed E-state index contributed by atoms with van der Waals surface area (Å²) in [4.78, 5) is 9.40. The van der Waals surface area contributed by atoms with Crippen LogP contribution in [-0.4, -0.2) is 16.6 Å². The van der Waals surface area contributed by atoms with Crippen LogP contribution in [0.3, 0.4) is 0 Å². The zero-order chi connectivity index (χ0) is 4.28. The predicted octanol–water partition coefficient (Wildman–Crippen LogP) is -1.64. The molecule has 5 heavy (non-hydrogen) atoms. The first kappa shape index (κ1) is 4.49. The molecule has 0 bridgehead atoms. The fraction of sp³-hybridized carbons (Fsp3) is 0. The van der Waals surface area contributed by atoms with Gasteiger partial charge >= 0.3 is 6.09 Å². The lowest BCUT2D eigenvalue weighted by atomic mass is 11.3. The standard InChI is InChI=1S/CH5NO2Si/c2-1(3)4-5/h5H3,(H2,2,3). The van der Waals surface area contributed by atoms with Crippen LogP contribution in [0.2, 0.25) is 0 Å². The van der Waals surface area contributed by atoms with Gasteiger partial charge in [0.25, 0.3) is 0 Å². The molecule has 1 amide bonds. The molecule has 0 saturated heterocycles. The molecule has 0 aromatic heterocycles. The highest BCUT2D eigenvalue weighted by Crippen LogP contribution is 1.53. The van der Waals surface area contributed by atoms with E-state index < -0.39 is 6.09 Å². The lowest BCUT2D eigenvalue weighted by molar-refractivity contribution is 0.215. The Labute approximate surface area is 32.6 Å². The molecule has 0 atom stereocenters. The Kier molecular flexibility index (Phi) is 1.59. The van der Waals surface area contributed by atoms with Crippen molar-refractivity contribution in [2.75, 3.05) is 0 Å². The Bertz CT molecular complexity index is 44.9. The maximum absolute atomic E-state index is 9.40. The van der Waals surface area contributed by atoms with Crippen LogP contribution in [0.1, 0.15) is 0 Å². The van der Waals surface area contributed by atoms with Crippen LogP contribution >= 0.6 is 0 Å². The molecule has 0 aliphatic heterocycles. The van der Waals surface area contributed by atoms with E-state index in [1.807, 2.05) is 0 Å². The summed E-state index contributed by atoms with van der Waals surface area (Å²) in [6, 6.07) is 0. The van der Waals surface area contributed by atoms with Crippen molar-refractivity contribution in [2.24, 2.45) is 5.73 Å². The lowest BCUT2D eigenvalue weighted by Gasteiger charge is -1.82. The van der Waals surface area contributed by atoms with Crippen molar-refractivity contribution < 1.29 is 9.22 Å². The van der Waals surface area contributed by atoms with Gasteiger partial charge in [-0.3, -0.25) is 0 Å². The summed E-state index contributed by atoms with van der Waals surface area (Å²) in [5.41, 5.74) is 4.47. The number of rotatable bonds is 0. The summed E-state index contributed by atoms with van der Waals surface area (Å²) in [5, 5.41) is 0. The first-order valence-corrected chi connectivity index (χ1v) is 1.92. The molecular formula is CH5NO2Si. The minimum absolute atomic E-state index is 0.399. The van der Waals surface area contributed by atoms with Crippen molar-refractivity contribution in [3.05, 3.63) is 0 Å². The van der Waals surface area contributed by atoms with E-state index in [4.69, 9.17) is 0 Å². The van der Waals surface area contributed by atoms with Crippen LogP contribution in [0.5, 0.6) is 0 Å². The maximum atomic E-state index is 9.40. The van der Waals surface area contributed by atoms with Crippen molar-refractivity contribution >= 4 is 16.6 Å². The molecule has 0 aromatic rings. The number of carbonyl (C=O) groups excluding carboxylic acids is 1. The van der Waals surface area contributed by atoms with Gasteiger partial charge in [-0.25, -0.2) is 4.79 Å². The molecule has 0 saturated carbocycles. The first-order chi connectivity index (χ1) is 2.27. The van der Waals surface area contributed by atoms with Crippen molar-refractivity contribution in [1.29, 1.82) is 0 Å². The number of primary amides is 1. The molecule has 0 aliphatic carbocycles. The smallest absolute Gasteiger partial charge is 0.390 e. The van der Waals surface area contributed by atoms with Crippen LogP contribution in [0.15, 0.2) is 0 Å². The van der Waals surface area contributed by atoms with Gasteiger partial charge in [-0.05, 0) is 0 Å². The summed E-state index contributed by atoms with van der Waals surface area (Å²) in [6.45, 7) is 0. The average molecular weight is 91.1 g/mol. The van der Waals surface area contributed by atoms with Crippen LogP contribution in [0, 0.1) is 0 Å². The molecule has 0 heterocycles. The molecule has 0 aliphatic rings. The molecular weight excluding hydrogens is 86.1 g/mol. The number of carbonyl (C=O) groups is 1.